The van der Waals surface area contributed by atoms with Gasteiger partial charge in [0.25, 0.3) is 0 Å². The van der Waals surface area contributed by atoms with E-state index in [2.05, 4.69) is 15.4 Å². The van der Waals surface area contributed by atoms with Crippen molar-refractivity contribution in [2.24, 2.45) is 0 Å². The van der Waals surface area contributed by atoms with Crippen LogP contribution in [-0.2, 0) is 14.3 Å². The number of alkyl carbamates (subject to hydrolysis) is 1. The lowest BCUT2D eigenvalue weighted by Gasteiger charge is -2.19. The fourth-order valence-corrected chi connectivity index (χ4v) is 0.820. The summed E-state index contributed by atoms with van der Waals surface area (Å²) in [6, 6.07) is 0. The third-order valence-electron chi connectivity index (χ3n) is 1.45. The molecule has 16 heavy (non-hydrogen) atoms. The predicted molar refractivity (Wildman–Crippen MR) is 58.9 cm³/mol. The zero-order valence-corrected chi connectivity index (χ0v) is 10.3. The minimum Gasteiger partial charge on any atom is -0.449 e. The normalized spacial score (nSPS) is 10.8. The van der Waals surface area contributed by atoms with E-state index in [-0.39, 0.29) is 31.2 Å². The number of ether oxygens (including phenoxy) is 2. The van der Waals surface area contributed by atoms with E-state index in [1.54, 1.807) is 0 Å². The lowest BCUT2D eigenvalue weighted by atomic mass is 10.1. The van der Waals surface area contributed by atoms with Crippen molar-refractivity contribution >= 4 is 12.0 Å². The monoisotopic (exact) mass is 232 g/mol. The molecule has 94 valence electrons. The highest BCUT2D eigenvalue weighted by Gasteiger charge is 2.14. The van der Waals surface area contributed by atoms with Crippen molar-refractivity contribution in [3.05, 3.63) is 0 Å². The highest BCUT2D eigenvalue weighted by atomic mass is 16.5. The molecule has 2 N–H and O–H groups in total. The molecule has 0 radical (unpaired) electrons. The number of methoxy groups -OCH3 is 1. The van der Waals surface area contributed by atoms with Crippen LogP contribution in [0.25, 0.3) is 0 Å². The smallest absolute Gasteiger partial charge is 0.407 e. The summed E-state index contributed by atoms with van der Waals surface area (Å²) in [6.45, 7) is 5.75. The first-order chi connectivity index (χ1) is 7.35. The summed E-state index contributed by atoms with van der Waals surface area (Å²) in [5, 5.41) is 5.10. The van der Waals surface area contributed by atoms with Crippen molar-refractivity contribution in [3.8, 4) is 0 Å². The number of carbonyl (C=O) groups excluding carboxylic acids is 2. The van der Waals surface area contributed by atoms with Crippen LogP contribution < -0.4 is 10.6 Å². The largest absolute Gasteiger partial charge is 0.449 e. The summed E-state index contributed by atoms with van der Waals surface area (Å²) in [5.74, 6) is -0.217. The van der Waals surface area contributed by atoms with Gasteiger partial charge in [0.15, 0.2) is 0 Å². The SMILES string of the molecule is COCNC(=O)CCOC(=O)NC(C)(C)C. The molecule has 0 heterocycles. The minimum absolute atomic E-state index is 0.0530. The molecule has 0 saturated heterocycles. The second-order valence-electron chi connectivity index (χ2n) is 4.29. The van der Waals surface area contributed by atoms with Crippen molar-refractivity contribution < 1.29 is 19.1 Å². The zero-order valence-electron chi connectivity index (χ0n) is 10.3. The van der Waals surface area contributed by atoms with Crippen molar-refractivity contribution in [3.63, 3.8) is 0 Å². The summed E-state index contributed by atoms with van der Waals surface area (Å²) in [7, 11) is 1.48. The van der Waals surface area contributed by atoms with Gasteiger partial charge in [0.2, 0.25) is 5.91 Å². The summed E-state index contributed by atoms with van der Waals surface area (Å²) >= 11 is 0. The maximum absolute atomic E-state index is 11.2. The van der Waals surface area contributed by atoms with E-state index in [0.29, 0.717) is 0 Å². The summed E-state index contributed by atoms with van der Waals surface area (Å²) in [4.78, 5) is 22.2. The van der Waals surface area contributed by atoms with Crippen molar-refractivity contribution in [2.75, 3.05) is 20.4 Å². The maximum atomic E-state index is 11.2. The highest BCUT2D eigenvalue weighted by Crippen LogP contribution is 1.99. The van der Waals surface area contributed by atoms with Crippen LogP contribution >= 0.6 is 0 Å². The number of rotatable bonds is 5. The third-order valence-corrected chi connectivity index (χ3v) is 1.45. The van der Waals surface area contributed by atoms with Crippen LogP contribution in [-0.4, -0.2) is 38.0 Å². The van der Waals surface area contributed by atoms with Gasteiger partial charge in [0.1, 0.15) is 13.3 Å². The van der Waals surface area contributed by atoms with Crippen LogP contribution in [0.3, 0.4) is 0 Å². The number of hydrogen-bond acceptors (Lipinski definition) is 4. The van der Waals surface area contributed by atoms with Crippen LogP contribution in [0.15, 0.2) is 0 Å². The van der Waals surface area contributed by atoms with Gasteiger partial charge in [-0.25, -0.2) is 4.79 Å². The molecule has 0 unspecified atom stereocenters. The molecule has 0 saturated carbocycles. The molecule has 6 nitrogen and oxygen atoms in total. The molecule has 0 aliphatic heterocycles. The molecule has 0 spiro atoms. The van der Waals surface area contributed by atoms with Gasteiger partial charge in [-0.2, -0.15) is 0 Å². The second-order valence-corrected chi connectivity index (χ2v) is 4.29. The Labute approximate surface area is 95.7 Å². The zero-order chi connectivity index (χ0) is 12.6. The second kappa shape index (κ2) is 7.05. The fraction of sp³-hybridized carbons (Fsp3) is 0.800. The fourth-order valence-electron chi connectivity index (χ4n) is 0.820. The predicted octanol–water partition coefficient (Wildman–Crippen LogP) is 0.621. The molecule has 0 aliphatic rings. The van der Waals surface area contributed by atoms with Crippen molar-refractivity contribution in [1.82, 2.24) is 10.6 Å². The Bertz CT molecular complexity index is 235. The van der Waals surface area contributed by atoms with Gasteiger partial charge in [0.05, 0.1) is 6.42 Å². The molecule has 6 heteroatoms. The quantitative estimate of drug-likeness (QED) is 0.681. The Morgan fingerprint density at radius 3 is 2.38 bits per heavy atom. The van der Waals surface area contributed by atoms with Gasteiger partial charge in [-0.1, -0.05) is 0 Å². The first-order valence-corrected chi connectivity index (χ1v) is 5.06. The first kappa shape index (κ1) is 14.7. The number of amides is 2. The molecule has 2 amide bonds. The van der Waals surface area contributed by atoms with E-state index in [4.69, 9.17) is 4.74 Å². The summed E-state index contributed by atoms with van der Waals surface area (Å²) in [5.41, 5.74) is -0.338. The van der Waals surface area contributed by atoms with Crippen LogP contribution in [0.5, 0.6) is 0 Å². The molecule has 0 aromatic rings. The summed E-state index contributed by atoms with van der Waals surface area (Å²) in [6.07, 6.45) is -0.395. The molecule has 0 aromatic carbocycles. The molecular formula is C10H20N2O4. The molecular weight excluding hydrogens is 212 g/mol. The molecule has 0 rings (SSSR count). The van der Waals surface area contributed by atoms with Crippen LogP contribution in [0.2, 0.25) is 0 Å². The van der Waals surface area contributed by atoms with E-state index < -0.39 is 6.09 Å². The minimum atomic E-state index is -0.521. The first-order valence-electron chi connectivity index (χ1n) is 5.06. The number of nitrogens with one attached hydrogen (secondary N) is 2. The van der Waals surface area contributed by atoms with Crippen molar-refractivity contribution in [2.45, 2.75) is 32.7 Å². The lowest BCUT2D eigenvalue weighted by Crippen LogP contribution is -2.41. The van der Waals surface area contributed by atoms with Crippen LogP contribution in [0, 0.1) is 0 Å². The maximum Gasteiger partial charge on any atom is 0.407 e. The Hall–Kier alpha value is -1.30. The van der Waals surface area contributed by atoms with E-state index in [1.165, 1.54) is 7.11 Å². The van der Waals surface area contributed by atoms with E-state index in [0.717, 1.165) is 0 Å². The van der Waals surface area contributed by atoms with Gasteiger partial charge in [0, 0.05) is 12.6 Å². The highest BCUT2D eigenvalue weighted by molar-refractivity contribution is 5.76. The molecule has 0 atom stereocenters. The molecule has 0 aromatic heterocycles. The summed E-state index contributed by atoms with van der Waals surface area (Å²) < 4.78 is 9.47. The van der Waals surface area contributed by atoms with E-state index >= 15 is 0 Å². The molecule has 0 bridgehead atoms. The Kier molecular flexibility index (Phi) is 6.48. The Morgan fingerprint density at radius 1 is 1.25 bits per heavy atom. The van der Waals surface area contributed by atoms with Gasteiger partial charge in [-0.15, -0.1) is 0 Å². The topological polar surface area (TPSA) is 76.7 Å². The van der Waals surface area contributed by atoms with Gasteiger partial charge < -0.3 is 20.1 Å². The van der Waals surface area contributed by atoms with Gasteiger partial charge in [-0.05, 0) is 20.8 Å². The average Bonchev–Trinajstić information content (AvgIpc) is 2.11. The Morgan fingerprint density at radius 2 is 1.88 bits per heavy atom. The van der Waals surface area contributed by atoms with Crippen LogP contribution in [0.1, 0.15) is 27.2 Å². The van der Waals surface area contributed by atoms with Gasteiger partial charge in [-0.3, -0.25) is 4.79 Å². The number of hydrogen-bond donors (Lipinski definition) is 2. The van der Waals surface area contributed by atoms with E-state index in [9.17, 15) is 9.59 Å². The molecule has 0 fully saturated rings. The van der Waals surface area contributed by atoms with E-state index in [1.807, 2.05) is 20.8 Å². The number of carbonyl (C=O) groups is 2. The van der Waals surface area contributed by atoms with Crippen molar-refractivity contribution in [1.29, 1.82) is 0 Å². The third kappa shape index (κ3) is 9.26. The average molecular weight is 232 g/mol. The Balaban J connectivity index is 3.58. The van der Waals surface area contributed by atoms with Crippen LogP contribution in [0.4, 0.5) is 4.79 Å². The van der Waals surface area contributed by atoms with Gasteiger partial charge >= 0.3 is 6.09 Å². The molecule has 0 aliphatic carbocycles. The lowest BCUT2D eigenvalue weighted by molar-refractivity contribution is -0.123. The standard InChI is InChI=1S/C10H20N2O4/c1-10(2,3)12-9(14)16-6-5-8(13)11-7-15-4/h5-7H2,1-4H3,(H,11,13)(H,12,14).